The van der Waals surface area contributed by atoms with Gasteiger partial charge in [-0.15, -0.1) is 0 Å². The zero-order chi connectivity index (χ0) is 30.7. The van der Waals surface area contributed by atoms with Crippen molar-refractivity contribution in [2.24, 2.45) is 0 Å². The van der Waals surface area contributed by atoms with E-state index in [0.717, 1.165) is 32.9 Å². The highest BCUT2D eigenvalue weighted by molar-refractivity contribution is 5.92. The Hall–Kier alpha value is -4.36. The van der Waals surface area contributed by atoms with E-state index >= 15 is 0 Å². The molecule has 0 radical (unpaired) electrons. The van der Waals surface area contributed by atoms with Crippen molar-refractivity contribution in [3.05, 3.63) is 133 Å². The molecule has 1 nitrogen and oxygen atoms in total. The third-order valence-corrected chi connectivity index (χ3v) is 5.55. The summed E-state index contributed by atoms with van der Waals surface area (Å²) in [4.78, 5) is 0. The van der Waals surface area contributed by atoms with Crippen LogP contribution in [-0.2, 0) is 0 Å². The van der Waals surface area contributed by atoms with Gasteiger partial charge in [-0.2, -0.15) is 0 Å². The van der Waals surface area contributed by atoms with Crippen LogP contribution >= 0.6 is 0 Å². The van der Waals surface area contributed by atoms with Gasteiger partial charge in [0.2, 0.25) is 0 Å². The van der Waals surface area contributed by atoms with Gasteiger partial charge >= 0.3 is 0 Å². The maximum Gasteiger partial charge on any atom is 0.0629 e. The van der Waals surface area contributed by atoms with Crippen molar-refractivity contribution in [2.45, 2.75) is 0 Å². The van der Waals surface area contributed by atoms with Gasteiger partial charge in [0.1, 0.15) is 0 Å². The number of benzene rings is 6. The molecule has 0 aliphatic heterocycles. The van der Waals surface area contributed by atoms with Crippen molar-refractivity contribution in [3.63, 3.8) is 0 Å². The minimum absolute atomic E-state index is 0.149. The average molecular weight is 432 g/mol. The molecule has 0 saturated carbocycles. The Morgan fingerprint density at radius 3 is 1.27 bits per heavy atom. The first-order chi connectivity index (χ1) is 20.5. The largest absolute Gasteiger partial charge is 0.355 e. The fraction of sp³-hybridized carbons (Fsp3) is 0. The molecule has 33 heavy (non-hydrogen) atoms. The lowest BCUT2D eigenvalue weighted by atomic mass is 10.0. The molecule has 1 N–H and O–H groups in total. The van der Waals surface area contributed by atoms with Crippen molar-refractivity contribution in [3.8, 4) is 22.3 Å². The summed E-state index contributed by atoms with van der Waals surface area (Å²) in [5.41, 5.74) is 2.88. The summed E-state index contributed by atoms with van der Waals surface area (Å²) in [5, 5.41) is 6.86. The maximum absolute atomic E-state index is 8.33. The fourth-order valence-corrected chi connectivity index (χ4v) is 3.92. The van der Waals surface area contributed by atoms with Gasteiger partial charge in [-0.25, -0.2) is 0 Å². The highest BCUT2D eigenvalue weighted by atomic mass is 14.9. The van der Waals surface area contributed by atoms with Gasteiger partial charge in [0.25, 0.3) is 0 Å². The number of nitrogens with one attached hydrogen (secondary N) is 1. The summed E-state index contributed by atoms with van der Waals surface area (Å²) in [6, 6.07) is 19.0. The summed E-state index contributed by atoms with van der Waals surface area (Å²) >= 11 is 0. The second-order valence-electron chi connectivity index (χ2n) is 7.68. The van der Waals surface area contributed by atoms with Crippen LogP contribution in [0.5, 0.6) is 0 Å². The van der Waals surface area contributed by atoms with Gasteiger partial charge in [-0.3, -0.25) is 0 Å². The first-order valence-electron chi connectivity index (χ1n) is 15.5. The summed E-state index contributed by atoms with van der Waals surface area (Å²) in [6.07, 6.45) is 0. The molecule has 1 heteroatoms. The molecule has 0 aliphatic carbocycles. The zero-order valence-corrected chi connectivity index (χ0v) is 17.4. The van der Waals surface area contributed by atoms with E-state index < -0.39 is 12.1 Å². The number of anilines is 2. The molecule has 0 unspecified atom stereocenters. The van der Waals surface area contributed by atoms with E-state index in [1.54, 1.807) is 24.3 Å². The summed E-state index contributed by atoms with van der Waals surface area (Å²) < 4.78 is 81.1. The summed E-state index contributed by atoms with van der Waals surface area (Å²) in [7, 11) is 0. The standard InChI is InChI=1S/C32H23N/c1-3-7-23(8-4-1)27-13-11-25-15-17-31(21-29(25)19-27)33-32-18-16-26-12-14-28(20-30(26)22-32)24-9-5-2-6-10-24/h1-22,33H/i1D,2D,3D,4D,5D,6D,7D,8D,9D,10D. The first kappa shape index (κ1) is 11.5. The van der Waals surface area contributed by atoms with E-state index in [1.807, 2.05) is 48.5 Å². The Morgan fingerprint density at radius 2 is 0.818 bits per heavy atom. The molecular weight excluding hydrogens is 398 g/mol. The van der Waals surface area contributed by atoms with Gasteiger partial charge in [-0.05, 0) is 80.2 Å². The quantitative estimate of drug-likeness (QED) is 0.293. The molecule has 0 aromatic heterocycles. The van der Waals surface area contributed by atoms with Crippen LogP contribution in [-0.4, -0.2) is 0 Å². The molecule has 0 amide bonds. The molecule has 0 saturated heterocycles. The van der Waals surface area contributed by atoms with Gasteiger partial charge in [0.15, 0.2) is 0 Å². The smallest absolute Gasteiger partial charge is 0.0629 e. The molecule has 0 atom stereocenters. The molecule has 0 bridgehead atoms. The van der Waals surface area contributed by atoms with Crippen LogP contribution in [0.1, 0.15) is 13.7 Å². The molecule has 6 rings (SSSR count). The van der Waals surface area contributed by atoms with Gasteiger partial charge < -0.3 is 5.32 Å². The molecule has 0 aliphatic rings. The minimum Gasteiger partial charge on any atom is -0.355 e. The van der Waals surface area contributed by atoms with Crippen LogP contribution in [0.4, 0.5) is 11.4 Å². The molecule has 156 valence electrons. The monoisotopic (exact) mass is 431 g/mol. The van der Waals surface area contributed by atoms with Crippen molar-refractivity contribution in [2.75, 3.05) is 5.32 Å². The topological polar surface area (TPSA) is 12.0 Å². The van der Waals surface area contributed by atoms with E-state index in [-0.39, 0.29) is 59.5 Å². The zero-order valence-electron chi connectivity index (χ0n) is 27.4. The maximum atomic E-state index is 8.33. The minimum atomic E-state index is -0.429. The van der Waals surface area contributed by atoms with E-state index in [0.29, 0.717) is 11.1 Å². The van der Waals surface area contributed by atoms with E-state index in [1.165, 1.54) is 0 Å². The average Bonchev–Trinajstić information content (AvgIpc) is 3.00. The normalized spacial score (nSPS) is 15.3. The van der Waals surface area contributed by atoms with E-state index in [4.69, 9.17) is 13.7 Å². The highest BCUT2D eigenvalue weighted by Crippen LogP contribution is 2.30. The second kappa shape index (κ2) is 8.29. The van der Waals surface area contributed by atoms with Crippen molar-refractivity contribution < 1.29 is 13.7 Å². The third-order valence-electron chi connectivity index (χ3n) is 5.55. The molecule has 0 spiro atoms. The van der Waals surface area contributed by atoms with Crippen molar-refractivity contribution in [1.82, 2.24) is 0 Å². The number of fused-ring (bicyclic) bond motifs is 2. The predicted octanol–water partition coefficient (Wildman–Crippen LogP) is 9.07. The van der Waals surface area contributed by atoms with Crippen molar-refractivity contribution in [1.29, 1.82) is 0 Å². The first-order valence-corrected chi connectivity index (χ1v) is 10.5. The lowest BCUT2D eigenvalue weighted by Gasteiger charge is -2.11. The predicted molar refractivity (Wildman–Crippen MR) is 142 cm³/mol. The Labute approximate surface area is 208 Å². The van der Waals surface area contributed by atoms with Crippen LogP contribution in [0, 0.1) is 0 Å². The Bertz CT molecular complexity index is 1910. The van der Waals surface area contributed by atoms with Gasteiger partial charge in [-0.1, -0.05) is 96.8 Å². The Kier molecular flexibility index (Phi) is 2.89. The Morgan fingerprint density at radius 1 is 0.394 bits per heavy atom. The van der Waals surface area contributed by atoms with Crippen LogP contribution in [0.3, 0.4) is 0 Å². The van der Waals surface area contributed by atoms with Gasteiger partial charge in [0.05, 0.1) is 13.7 Å². The van der Waals surface area contributed by atoms with Gasteiger partial charge in [0, 0.05) is 11.4 Å². The van der Waals surface area contributed by atoms with Crippen LogP contribution in [0.25, 0.3) is 43.8 Å². The van der Waals surface area contributed by atoms with Crippen LogP contribution in [0.2, 0.25) is 0 Å². The summed E-state index contributed by atoms with van der Waals surface area (Å²) in [5.74, 6) is 0. The number of rotatable bonds is 4. The molecule has 6 aromatic rings. The molecule has 0 fully saturated rings. The molecule has 0 heterocycles. The fourth-order valence-electron chi connectivity index (χ4n) is 3.92. The number of hydrogen-bond acceptors (Lipinski definition) is 1. The SMILES string of the molecule is [2H]c1c([2H])c([2H])c(-c2ccc3ccc(Nc4ccc5ccc(-c6c([2H])c([2H])c([2H])c([2H])c6[2H])cc5c4)cc3c2)c([2H])c1[2H]. The van der Waals surface area contributed by atoms with Crippen molar-refractivity contribution >= 4 is 32.9 Å². The number of hydrogen-bond donors (Lipinski definition) is 1. The summed E-state index contributed by atoms with van der Waals surface area (Å²) in [6.45, 7) is 0. The van der Waals surface area contributed by atoms with E-state index in [9.17, 15) is 0 Å². The third kappa shape index (κ3) is 3.97. The lowest BCUT2D eigenvalue weighted by molar-refractivity contribution is 1.58. The Balaban J connectivity index is 1.37. The van der Waals surface area contributed by atoms with Crippen LogP contribution in [0.15, 0.2) is 133 Å². The lowest BCUT2D eigenvalue weighted by Crippen LogP contribution is -1.90. The highest BCUT2D eigenvalue weighted by Gasteiger charge is 2.04. The van der Waals surface area contributed by atoms with Crippen LogP contribution < -0.4 is 5.32 Å². The molecular formula is C32H23N. The van der Waals surface area contributed by atoms with E-state index in [2.05, 4.69) is 5.32 Å². The molecule has 6 aromatic carbocycles. The second-order valence-corrected chi connectivity index (χ2v) is 7.68.